The molecule has 0 saturated carbocycles. The highest BCUT2D eigenvalue weighted by Gasteiger charge is 2.11. The molecular weight excluding hydrogens is 435 g/mol. The second-order valence-corrected chi connectivity index (χ2v) is 6.87. The molecule has 3 aromatic heterocycles. The Morgan fingerprint density at radius 1 is 1.03 bits per heavy atom. The number of aromatic nitrogens is 6. The van der Waals surface area contributed by atoms with Gasteiger partial charge in [0.2, 0.25) is 0 Å². The lowest BCUT2D eigenvalue weighted by molar-refractivity contribution is 0.895. The molecule has 0 aliphatic heterocycles. The first-order valence-corrected chi connectivity index (χ1v) is 9.48. The lowest BCUT2D eigenvalue weighted by atomic mass is 10.2. The fourth-order valence-corrected chi connectivity index (χ4v) is 3.26. The van der Waals surface area contributed by atoms with E-state index < -0.39 is 0 Å². The first-order chi connectivity index (χ1) is 14.8. The van der Waals surface area contributed by atoms with Crippen molar-refractivity contribution >= 4 is 47.1 Å². The molecule has 2 aromatic carbocycles. The number of hydrogen-bond donors (Lipinski definition) is 1. The van der Waals surface area contributed by atoms with Crippen molar-refractivity contribution < 1.29 is 0 Å². The Hall–Kier alpha value is -3.75. The van der Waals surface area contributed by atoms with Crippen LogP contribution in [-0.2, 0) is 0 Å². The van der Waals surface area contributed by atoms with E-state index in [0.717, 1.165) is 22.3 Å². The summed E-state index contributed by atoms with van der Waals surface area (Å²) in [6, 6.07) is 15.4. The molecule has 8 nitrogen and oxygen atoms in total. The Kier molecular flexibility index (Phi) is 5.92. The third-order valence-corrected chi connectivity index (χ3v) is 4.71. The Balaban J connectivity index is 0.00000231. The summed E-state index contributed by atoms with van der Waals surface area (Å²) < 4.78 is 3.65. The second-order valence-electron chi connectivity index (χ2n) is 6.43. The minimum atomic E-state index is 0. The number of rotatable bonds is 5. The number of benzene rings is 2. The molecule has 3 heterocycles. The average Bonchev–Trinajstić information content (AvgIpc) is 3.45. The molecule has 0 amide bonds. The molecule has 0 saturated heterocycles. The predicted molar refractivity (Wildman–Crippen MR) is 124 cm³/mol. The van der Waals surface area contributed by atoms with Crippen molar-refractivity contribution in [1.82, 2.24) is 29.3 Å². The van der Waals surface area contributed by atoms with Crippen LogP contribution in [0.4, 0.5) is 5.82 Å². The van der Waals surface area contributed by atoms with E-state index >= 15 is 0 Å². The van der Waals surface area contributed by atoms with Crippen molar-refractivity contribution in [1.29, 1.82) is 0 Å². The number of nitrogens with one attached hydrogen (secondary N) is 1. The van der Waals surface area contributed by atoms with Gasteiger partial charge in [-0.2, -0.15) is 10.2 Å². The number of hydrogen-bond acceptors (Lipinski definition) is 6. The summed E-state index contributed by atoms with van der Waals surface area (Å²) >= 11 is 6.10. The van der Waals surface area contributed by atoms with Gasteiger partial charge in [-0.3, -0.25) is 5.43 Å². The summed E-state index contributed by atoms with van der Waals surface area (Å²) in [4.78, 5) is 12.7. The molecular formula is C21H16Cl2N8. The van der Waals surface area contributed by atoms with Crippen LogP contribution in [-0.4, -0.2) is 35.5 Å². The van der Waals surface area contributed by atoms with E-state index in [-0.39, 0.29) is 12.4 Å². The summed E-state index contributed by atoms with van der Waals surface area (Å²) in [5, 5.41) is 10.1. The summed E-state index contributed by atoms with van der Waals surface area (Å²) in [5.74, 6) is 0.565. The van der Waals surface area contributed by atoms with Crippen molar-refractivity contribution in [3.05, 3.63) is 90.4 Å². The molecule has 0 aliphatic rings. The van der Waals surface area contributed by atoms with Crippen LogP contribution in [0, 0.1) is 0 Å². The van der Waals surface area contributed by atoms with Crippen molar-refractivity contribution in [2.75, 3.05) is 5.43 Å². The zero-order valence-electron chi connectivity index (χ0n) is 16.0. The zero-order valence-corrected chi connectivity index (χ0v) is 17.6. The SMILES string of the molecule is Cl.Clc1cccc(-n2ncc3c(NN=Cc4cccc(-n5ccnc5)c4)ncnc32)c1. The molecule has 0 unspecified atom stereocenters. The minimum absolute atomic E-state index is 0. The third-order valence-electron chi connectivity index (χ3n) is 4.48. The van der Waals surface area contributed by atoms with Crippen LogP contribution in [0.25, 0.3) is 22.4 Å². The smallest absolute Gasteiger partial charge is 0.168 e. The van der Waals surface area contributed by atoms with Crippen LogP contribution in [0.2, 0.25) is 5.02 Å². The topological polar surface area (TPSA) is 85.8 Å². The van der Waals surface area contributed by atoms with E-state index in [4.69, 9.17) is 11.6 Å². The van der Waals surface area contributed by atoms with Gasteiger partial charge in [0.25, 0.3) is 0 Å². The highest BCUT2D eigenvalue weighted by atomic mass is 35.5. The second kappa shape index (κ2) is 8.95. The molecule has 0 aliphatic carbocycles. The lowest BCUT2D eigenvalue weighted by Gasteiger charge is -2.05. The molecule has 5 aromatic rings. The maximum Gasteiger partial charge on any atom is 0.168 e. The molecule has 0 radical (unpaired) electrons. The van der Waals surface area contributed by atoms with Gasteiger partial charge in [-0.1, -0.05) is 29.8 Å². The number of halogens is 2. The van der Waals surface area contributed by atoms with Crippen LogP contribution < -0.4 is 5.43 Å². The quantitative estimate of drug-likeness (QED) is 0.314. The number of fused-ring (bicyclic) bond motifs is 1. The van der Waals surface area contributed by atoms with Crippen molar-refractivity contribution in [3.63, 3.8) is 0 Å². The zero-order chi connectivity index (χ0) is 20.3. The molecule has 10 heteroatoms. The predicted octanol–water partition coefficient (Wildman–Crippen LogP) is 4.52. The average molecular weight is 451 g/mol. The van der Waals surface area contributed by atoms with Crippen LogP contribution in [0.5, 0.6) is 0 Å². The first-order valence-electron chi connectivity index (χ1n) is 9.10. The van der Waals surface area contributed by atoms with Gasteiger partial charge in [0.1, 0.15) is 6.33 Å². The van der Waals surface area contributed by atoms with Gasteiger partial charge < -0.3 is 4.57 Å². The minimum Gasteiger partial charge on any atom is -0.306 e. The number of anilines is 1. The summed E-state index contributed by atoms with van der Waals surface area (Å²) in [5.41, 5.74) is 6.41. The van der Waals surface area contributed by atoms with Crippen LogP contribution in [0.1, 0.15) is 5.56 Å². The standard InChI is InChI=1S/C21H15ClN8.ClH/c22-16-4-2-6-18(10-16)30-21-19(12-27-30)20(24-13-25-21)28-26-11-15-3-1-5-17(9-15)29-8-7-23-14-29;/h1-14H,(H,24,25,28);1H. The summed E-state index contributed by atoms with van der Waals surface area (Å²) in [7, 11) is 0. The van der Waals surface area contributed by atoms with E-state index in [0.29, 0.717) is 16.5 Å². The normalized spacial score (nSPS) is 11.0. The van der Waals surface area contributed by atoms with Gasteiger partial charge >= 0.3 is 0 Å². The van der Waals surface area contributed by atoms with E-state index in [2.05, 4.69) is 30.6 Å². The molecule has 0 spiro atoms. The van der Waals surface area contributed by atoms with Crippen molar-refractivity contribution in [3.8, 4) is 11.4 Å². The Morgan fingerprint density at radius 2 is 1.90 bits per heavy atom. The first kappa shape index (κ1) is 20.5. The largest absolute Gasteiger partial charge is 0.306 e. The van der Waals surface area contributed by atoms with E-state index in [9.17, 15) is 0 Å². The van der Waals surface area contributed by atoms with Gasteiger partial charge in [-0.25, -0.2) is 19.6 Å². The lowest BCUT2D eigenvalue weighted by Crippen LogP contribution is -1.99. The summed E-state index contributed by atoms with van der Waals surface area (Å²) in [6.45, 7) is 0. The Morgan fingerprint density at radius 3 is 2.74 bits per heavy atom. The van der Waals surface area contributed by atoms with Gasteiger partial charge in [-0.05, 0) is 35.9 Å². The molecule has 1 N–H and O–H groups in total. The summed E-state index contributed by atoms with van der Waals surface area (Å²) in [6.07, 6.45) is 10.3. The fraction of sp³-hybridized carbons (Fsp3) is 0. The van der Waals surface area contributed by atoms with Crippen LogP contribution >= 0.6 is 24.0 Å². The fourth-order valence-electron chi connectivity index (χ4n) is 3.08. The van der Waals surface area contributed by atoms with Gasteiger partial charge in [0.15, 0.2) is 11.5 Å². The van der Waals surface area contributed by atoms with Crippen LogP contribution in [0.3, 0.4) is 0 Å². The van der Waals surface area contributed by atoms with E-state index in [1.54, 1.807) is 29.6 Å². The Labute approximate surface area is 188 Å². The van der Waals surface area contributed by atoms with Gasteiger partial charge in [0, 0.05) is 23.1 Å². The molecule has 31 heavy (non-hydrogen) atoms. The maximum atomic E-state index is 6.10. The molecule has 5 rings (SSSR count). The molecule has 0 atom stereocenters. The number of nitrogens with zero attached hydrogens (tertiary/aromatic N) is 7. The highest BCUT2D eigenvalue weighted by molar-refractivity contribution is 6.30. The molecule has 154 valence electrons. The van der Waals surface area contributed by atoms with Crippen molar-refractivity contribution in [2.45, 2.75) is 0 Å². The van der Waals surface area contributed by atoms with E-state index in [1.165, 1.54) is 6.33 Å². The van der Waals surface area contributed by atoms with Gasteiger partial charge in [-0.15, -0.1) is 12.4 Å². The monoisotopic (exact) mass is 450 g/mol. The maximum absolute atomic E-state index is 6.10. The van der Waals surface area contributed by atoms with Crippen molar-refractivity contribution in [2.24, 2.45) is 5.10 Å². The van der Waals surface area contributed by atoms with Crippen LogP contribution in [0.15, 0.2) is 84.9 Å². The number of imidazole rings is 1. The molecule has 0 fully saturated rings. The third kappa shape index (κ3) is 4.25. The Bertz CT molecular complexity index is 1340. The van der Waals surface area contributed by atoms with E-state index in [1.807, 2.05) is 59.3 Å². The highest BCUT2D eigenvalue weighted by Crippen LogP contribution is 2.23. The molecule has 0 bridgehead atoms. The van der Waals surface area contributed by atoms with Gasteiger partial charge in [0.05, 0.1) is 29.8 Å². The number of hydrazone groups is 1.